The molecule has 0 unspecified atom stereocenters. The minimum Gasteiger partial charge on any atom is -0.356 e. The highest BCUT2D eigenvalue weighted by atomic mass is 32.1. The molecule has 1 aliphatic rings. The summed E-state index contributed by atoms with van der Waals surface area (Å²) in [4.78, 5) is 24.6. The zero-order chi connectivity index (χ0) is 18.2. The largest absolute Gasteiger partial charge is 0.356 e. The summed E-state index contributed by atoms with van der Waals surface area (Å²) in [6.45, 7) is 3.80. The summed E-state index contributed by atoms with van der Waals surface area (Å²) in [5, 5.41) is 6.64. The number of aromatic nitrogens is 1. The normalized spacial score (nSPS) is 15.9. The number of nitrogens with one attached hydrogen (secondary N) is 1. The highest BCUT2D eigenvalue weighted by molar-refractivity contribution is 7.09. The lowest BCUT2D eigenvalue weighted by molar-refractivity contribution is -0.127. The first-order valence-corrected chi connectivity index (χ1v) is 9.94. The molecule has 0 spiro atoms. The number of rotatable bonds is 6. The van der Waals surface area contributed by atoms with Gasteiger partial charge >= 0.3 is 0 Å². The molecule has 1 N–H and O–H groups in total. The van der Waals surface area contributed by atoms with Gasteiger partial charge in [0.2, 0.25) is 5.91 Å². The lowest BCUT2D eigenvalue weighted by Gasteiger charge is -2.26. The Hall–Kier alpha value is -1.63. The molecule has 0 bridgehead atoms. The molecule has 0 aromatic carbocycles. The molecule has 2 rings (SSSR count). The van der Waals surface area contributed by atoms with Crippen LogP contribution in [-0.2, 0) is 11.3 Å². The summed E-state index contributed by atoms with van der Waals surface area (Å²) in [7, 11) is 5.52. The number of hydrogen-bond acceptors (Lipinski definition) is 4. The first-order valence-electron chi connectivity index (χ1n) is 9.06. The van der Waals surface area contributed by atoms with E-state index in [0.717, 1.165) is 23.2 Å². The van der Waals surface area contributed by atoms with Gasteiger partial charge in [0.15, 0.2) is 5.96 Å². The molecule has 1 aliphatic carbocycles. The maximum absolute atomic E-state index is 11.9. The summed E-state index contributed by atoms with van der Waals surface area (Å²) in [5.74, 6) is 1.50. The Balaban J connectivity index is 1.98. The van der Waals surface area contributed by atoms with Crippen LogP contribution >= 0.6 is 11.3 Å². The number of hydrogen-bond donors (Lipinski definition) is 1. The van der Waals surface area contributed by atoms with Gasteiger partial charge in [0.05, 0.1) is 17.2 Å². The first kappa shape index (κ1) is 19.7. The first-order chi connectivity index (χ1) is 12.0. The second-order valence-electron chi connectivity index (χ2n) is 7.03. The third-order valence-electron chi connectivity index (χ3n) is 4.56. The molecule has 1 fully saturated rings. The van der Waals surface area contributed by atoms with Gasteiger partial charge < -0.3 is 15.1 Å². The Morgan fingerprint density at radius 1 is 1.32 bits per heavy atom. The molecule has 6 nitrogen and oxygen atoms in total. The minimum absolute atomic E-state index is 0.00914. The van der Waals surface area contributed by atoms with Crippen LogP contribution in [0.3, 0.4) is 0 Å². The van der Waals surface area contributed by atoms with Crippen molar-refractivity contribution in [3.8, 4) is 0 Å². The Kier molecular flexibility index (Phi) is 7.68. The second-order valence-corrected chi connectivity index (χ2v) is 8.09. The fourth-order valence-electron chi connectivity index (χ4n) is 3.02. The summed E-state index contributed by atoms with van der Waals surface area (Å²) >= 11 is 1.66. The van der Waals surface area contributed by atoms with E-state index >= 15 is 0 Å². The van der Waals surface area contributed by atoms with E-state index in [2.05, 4.69) is 25.6 Å². The van der Waals surface area contributed by atoms with Crippen molar-refractivity contribution in [3.05, 3.63) is 16.1 Å². The number of carbonyl (C=O) groups is 1. The number of aliphatic imine (C=N–C) groups is 1. The maximum Gasteiger partial charge on any atom is 0.243 e. The number of guanidine groups is 1. The highest BCUT2D eigenvalue weighted by Crippen LogP contribution is 2.22. The predicted molar refractivity (Wildman–Crippen MR) is 104 cm³/mol. The number of likely N-dealkylation sites (N-methyl/N-ethyl adjacent to an activating group) is 1. The Labute approximate surface area is 155 Å². The van der Waals surface area contributed by atoms with Crippen molar-refractivity contribution in [2.45, 2.75) is 45.6 Å². The van der Waals surface area contributed by atoms with Crippen LogP contribution in [-0.4, -0.2) is 60.9 Å². The molecule has 0 aliphatic heterocycles. The van der Waals surface area contributed by atoms with Crippen molar-refractivity contribution in [2.75, 3.05) is 34.2 Å². The van der Waals surface area contributed by atoms with Crippen LogP contribution in [0.5, 0.6) is 0 Å². The van der Waals surface area contributed by atoms with E-state index in [4.69, 9.17) is 0 Å². The average Bonchev–Trinajstić information content (AvgIpc) is 3.00. The van der Waals surface area contributed by atoms with Crippen molar-refractivity contribution in [1.29, 1.82) is 0 Å². The molecule has 0 saturated heterocycles. The fourth-order valence-corrected chi connectivity index (χ4v) is 3.62. The maximum atomic E-state index is 11.9. The number of thiazole rings is 1. The third-order valence-corrected chi connectivity index (χ3v) is 5.39. The molecular weight excluding hydrogens is 334 g/mol. The molecule has 1 saturated carbocycles. The smallest absolute Gasteiger partial charge is 0.243 e. The standard InChI is InChI=1S/C18H31N5OS/c1-14-21-16(13-25-14)12-23(4)18(20-11-17(24)22(2)3)19-10-15-8-6-5-7-9-15/h13,15H,5-12H2,1-4H3,(H,19,20). The summed E-state index contributed by atoms with van der Waals surface area (Å²) in [6, 6.07) is 0. The SMILES string of the molecule is Cc1nc(CN(C)C(=NCC(=O)N(C)C)NCC2CCCCC2)cs1. The average molecular weight is 366 g/mol. The van der Waals surface area contributed by atoms with Gasteiger partial charge in [-0.15, -0.1) is 11.3 Å². The van der Waals surface area contributed by atoms with E-state index in [0.29, 0.717) is 12.5 Å². The zero-order valence-corrected chi connectivity index (χ0v) is 16.7. The molecule has 140 valence electrons. The van der Waals surface area contributed by atoms with E-state index in [1.807, 2.05) is 14.0 Å². The minimum atomic E-state index is 0.00914. The quantitative estimate of drug-likeness (QED) is 0.621. The topological polar surface area (TPSA) is 60.8 Å². The highest BCUT2D eigenvalue weighted by Gasteiger charge is 2.16. The van der Waals surface area contributed by atoms with Crippen molar-refractivity contribution in [3.63, 3.8) is 0 Å². The molecule has 1 aromatic rings. The molecule has 0 radical (unpaired) electrons. The number of amides is 1. The van der Waals surface area contributed by atoms with E-state index in [1.165, 1.54) is 32.1 Å². The Morgan fingerprint density at radius 2 is 2.04 bits per heavy atom. The van der Waals surface area contributed by atoms with Crippen LogP contribution in [0.25, 0.3) is 0 Å². The molecule has 1 heterocycles. The van der Waals surface area contributed by atoms with Crippen LogP contribution in [0.15, 0.2) is 10.4 Å². The van der Waals surface area contributed by atoms with Crippen LogP contribution in [0, 0.1) is 12.8 Å². The summed E-state index contributed by atoms with van der Waals surface area (Å²) in [5.41, 5.74) is 1.04. The van der Waals surface area contributed by atoms with Crippen molar-refractivity contribution in [2.24, 2.45) is 10.9 Å². The van der Waals surface area contributed by atoms with E-state index < -0.39 is 0 Å². The lowest BCUT2D eigenvalue weighted by atomic mass is 9.89. The van der Waals surface area contributed by atoms with Gasteiger partial charge in [-0.3, -0.25) is 4.79 Å². The number of carbonyl (C=O) groups excluding carboxylic acids is 1. The summed E-state index contributed by atoms with van der Waals surface area (Å²) < 4.78 is 0. The predicted octanol–water partition coefficient (Wildman–Crippen LogP) is 2.50. The van der Waals surface area contributed by atoms with Gasteiger partial charge in [-0.25, -0.2) is 9.98 Å². The lowest BCUT2D eigenvalue weighted by Crippen LogP contribution is -2.42. The van der Waals surface area contributed by atoms with Crippen LogP contribution in [0.4, 0.5) is 0 Å². The molecule has 0 atom stereocenters. The van der Waals surface area contributed by atoms with Crippen molar-refractivity contribution in [1.82, 2.24) is 20.1 Å². The van der Waals surface area contributed by atoms with Crippen LogP contribution < -0.4 is 5.32 Å². The van der Waals surface area contributed by atoms with Crippen molar-refractivity contribution >= 4 is 23.2 Å². The van der Waals surface area contributed by atoms with Crippen molar-refractivity contribution < 1.29 is 4.79 Å². The Bertz CT molecular complexity index is 578. The number of aryl methyl sites for hydroxylation is 1. The Morgan fingerprint density at radius 3 is 2.64 bits per heavy atom. The monoisotopic (exact) mass is 365 g/mol. The fraction of sp³-hybridized carbons (Fsp3) is 0.722. The van der Waals surface area contributed by atoms with E-state index in [9.17, 15) is 4.79 Å². The van der Waals surface area contributed by atoms with E-state index in [1.54, 1.807) is 30.3 Å². The van der Waals surface area contributed by atoms with Gasteiger partial charge in [-0.2, -0.15) is 0 Å². The van der Waals surface area contributed by atoms with Gasteiger partial charge in [0.1, 0.15) is 6.54 Å². The van der Waals surface area contributed by atoms with Gasteiger partial charge in [0, 0.05) is 33.1 Å². The zero-order valence-electron chi connectivity index (χ0n) is 15.9. The third kappa shape index (κ3) is 6.65. The molecule has 25 heavy (non-hydrogen) atoms. The van der Waals surface area contributed by atoms with Gasteiger partial charge in [-0.1, -0.05) is 19.3 Å². The van der Waals surface area contributed by atoms with Gasteiger partial charge in [0.25, 0.3) is 0 Å². The second kappa shape index (κ2) is 9.75. The molecule has 7 heteroatoms. The van der Waals surface area contributed by atoms with Crippen LogP contribution in [0.2, 0.25) is 0 Å². The van der Waals surface area contributed by atoms with Crippen LogP contribution in [0.1, 0.15) is 42.8 Å². The summed E-state index contributed by atoms with van der Waals surface area (Å²) in [6.07, 6.45) is 6.58. The molecular formula is C18H31N5OS. The van der Waals surface area contributed by atoms with Gasteiger partial charge in [-0.05, 0) is 25.7 Å². The molecule has 1 amide bonds. The molecule has 1 aromatic heterocycles. The number of nitrogens with zero attached hydrogens (tertiary/aromatic N) is 4. The van der Waals surface area contributed by atoms with E-state index in [-0.39, 0.29) is 12.5 Å².